The molecule has 0 bridgehead atoms. The Kier molecular flexibility index (Phi) is 4.18. The van der Waals surface area contributed by atoms with Gasteiger partial charge in [0.2, 0.25) is 0 Å². The van der Waals surface area contributed by atoms with Crippen molar-refractivity contribution in [3.05, 3.63) is 29.3 Å². The van der Waals surface area contributed by atoms with Gasteiger partial charge in [-0.05, 0) is 31.4 Å². The highest BCUT2D eigenvalue weighted by molar-refractivity contribution is 7.18. The maximum atomic E-state index is 12.6. The molecule has 2 aliphatic heterocycles. The van der Waals surface area contributed by atoms with Crippen LogP contribution in [0.3, 0.4) is 0 Å². The van der Waals surface area contributed by atoms with Crippen LogP contribution < -0.4 is 5.32 Å². The van der Waals surface area contributed by atoms with E-state index in [9.17, 15) is 4.79 Å². The number of urea groups is 1. The number of amides is 2. The summed E-state index contributed by atoms with van der Waals surface area (Å²) in [5.41, 5.74) is 1.03. The smallest absolute Gasteiger partial charge is 0.318 e. The zero-order valence-electron chi connectivity index (χ0n) is 13.0. The normalized spacial score (nSPS) is 24.4. The molecule has 2 fully saturated rings. The molecule has 6 heteroatoms. The first-order valence-corrected chi connectivity index (χ1v) is 9.10. The summed E-state index contributed by atoms with van der Waals surface area (Å²) in [5.74, 6) is 0.461. The largest absolute Gasteiger partial charge is 0.381 e. The molecule has 122 valence electrons. The quantitative estimate of drug-likeness (QED) is 0.940. The van der Waals surface area contributed by atoms with E-state index < -0.39 is 0 Å². The van der Waals surface area contributed by atoms with Crippen LogP contribution in [0.25, 0.3) is 10.2 Å². The molecule has 0 aliphatic carbocycles. The summed E-state index contributed by atoms with van der Waals surface area (Å²) in [6, 6.07) is 8.33. The lowest BCUT2D eigenvalue weighted by molar-refractivity contribution is 0.179. The van der Waals surface area contributed by atoms with Gasteiger partial charge in [-0.2, -0.15) is 0 Å². The van der Waals surface area contributed by atoms with Gasteiger partial charge in [0.15, 0.2) is 0 Å². The summed E-state index contributed by atoms with van der Waals surface area (Å²) in [7, 11) is 0. The van der Waals surface area contributed by atoms with E-state index in [0.717, 1.165) is 49.5 Å². The second-order valence-corrected chi connectivity index (χ2v) is 7.35. The molecular weight excluding hydrogens is 310 g/mol. The first-order chi connectivity index (χ1) is 11.3. The van der Waals surface area contributed by atoms with E-state index in [1.54, 1.807) is 11.3 Å². The molecule has 2 aromatic rings. The molecule has 2 amide bonds. The minimum absolute atomic E-state index is 0.0404. The number of carbonyl (C=O) groups excluding carboxylic acids is 1. The minimum atomic E-state index is 0.0404. The number of fused-ring (bicyclic) bond motifs is 1. The van der Waals surface area contributed by atoms with Gasteiger partial charge in [0.25, 0.3) is 0 Å². The third kappa shape index (κ3) is 3.05. The van der Waals surface area contributed by atoms with E-state index in [4.69, 9.17) is 9.72 Å². The van der Waals surface area contributed by atoms with Crippen LogP contribution in [0.5, 0.6) is 0 Å². The fourth-order valence-corrected chi connectivity index (χ4v) is 4.49. The summed E-state index contributed by atoms with van der Waals surface area (Å²) >= 11 is 1.71. The average Bonchev–Trinajstić information content (AvgIpc) is 3.31. The van der Waals surface area contributed by atoms with E-state index >= 15 is 0 Å². The van der Waals surface area contributed by atoms with Crippen molar-refractivity contribution in [1.82, 2.24) is 15.2 Å². The average molecular weight is 331 g/mol. The number of para-hydroxylation sites is 1. The predicted octanol–water partition coefficient (Wildman–Crippen LogP) is 3.18. The molecule has 1 aromatic heterocycles. The highest BCUT2D eigenvalue weighted by atomic mass is 32.1. The van der Waals surface area contributed by atoms with Crippen molar-refractivity contribution in [1.29, 1.82) is 0 Å². The fourth-order valence-electron chi connectivity index (χ4n) is 3.38. The number of hydrogen-bond donors (Lipinski definition) is 1. The van der Waals surface area contributed by atoms with E-state index in [2.05, 4.69) is 11.4 Å². The highest BCUT2D eigenvalue weighted by Gasteiger charge is 2.32. The topological polar surface area (TPSA) is 54.5 Å². The summed E-state index contributed by atoms with van der Waals surface area (Å²) in [4.78, 5) is 19.2. The Balaban J connectivity index is 1.46. The molecule has 1 aromatic carbocycles. The van der Waals surface area contributed by atoms with Crippen molar-refractivity contribution in [2.24, 2.45) is 5.92 Å². The third-order valence-electron chi connectivity index (χ3n) is 4.68. The Morgan fingerprint density at radius 1 is 1.39 bits per heavy atom. The lowest BCUT2D eigenvalue weighted by atomic mass is 10.1. The SMILES string of the molecule is O=C(NCC1CCOC1)N1CCCC1c1nc2ccccc2s1. The Labute approximate surface area is 139 Å². The number of rotatable bonds is 3. The number of ether oxygens (including phenoxy) is 1. The molecule has 0 saturated carbocycles. The van der Waals surface area contributed by atoms with Crippen LogP contribution in [0, 0.1) is 5.92 Å². The van der Waals surface area contributed by atoms with Crippen LogP contribution in [0.2, 0.25) is 0 Å². The van der Waals surface area contributed by atoms with Gasteiger partial charge < -0.3 is 15.0 Å². The fraction of sp³-hybridized carbons (Fsp3) is 0.529. The monoisotopic (exact) mass is 331 g/mol. The van der Waals surface area contributed by atoms with Crippen LogP contribution in [0.15, 0.2) is 24.3 Å². The number of aromatic nitrogens is 1. The van der Waals surface area contributed by atoms with Gasteiger partial charge in [-0.3, -0.25) is 0 Å². The van der Waals surface area contributed by atoms with Gasteiger partial charge in [0.05, 0.1) is 22.9 Å². The van der Waals surface area contributed by atoms with Gasteiger partial charge in [-0.25, -0.2) is 9.78 Å². The molecule has 23 heavy (non-hydrogen) atoms. The first-order valence-electron chi connectivity index (χ1n) is 8.29. The highest BCUT2D eigenvalue weighted by Crippen LogP contribution is 2.36. The number of carbonyl (C=O) groups is 1. The van der Waals surface area contributed by atoms with Gasteiger partial charge in [-0.15, -0.1) is 11.3 Å². The standard InChI is InChI=1S/C17H21N3O2S/c21-17(18-10-12-7-9-22-11-12)20-8-3-5-14(20)16-19-13-4-1-2-6-15(13)23-16/h1-2,4,6,12,14H,3,5,7-11H2,(H,18,21). The minimum Gasteiger partial charge on any atom is -0.381 e. The lowest BCUT2D eigenvalue weighted by Crippen LogP contribution is -2.41. The number of hydrogen-bond acceptors (Lipinski definition) is 4. The summed E-state index contributed by atoms with van der Waals surface area (Å²) < 4.78 is 6.56. The van der Waals surface area contributed by atoms with Crippen LogP contribution >= 0.6 is 11.3 Å². The van der Waals surface area contributed by atoms with Gasteiger partial charge in [-0.1, -0.05) is 12.1 Å². The molecule has 5 nitrogen and oxygen atoms in total. The third-order valence-corrected chi connectivity index (χ3v) is 5.81. The summed E-state index contributed by atoms with van der Waals surface area (Å²) in [5, 5.41) is 4.14. The van der Waals surface area contributed by atoms with E-state index in [0.29, 0.717) is 12.5 Å². The zero-order chi connectivity index (χ0) is 15.6. The van der Waals surface area contributed by atoms with Crippen LogP contribution in [0.4, 0.5) is 4.79 Å². The van der Waals surface area contributed by atoms with Crippen LogP contribution in [0.1, 0.15) is 30.3 Å². The van der Waals surface area contributed by atoms with Crippen LogP contribution in [-0.4, -0.2) is 42.2 Å². The maximum absolute atomic E-state index is 12.6. The summed E-state index contributed by atoms with van der Waals surface area (Å²) in [6.45, 7) is 3.11. The van der Waals surface area contributed by atoms with Crippen molar-refractivity contribution in [3.63, 3.8) is 0 Å². The van der Waals surface area contributed by atoms with Crippen LogP contribution in [-0.2, 0) is 4.74 Å². The van der Waals surface area contributed by atoms with Crippen molar-refractivity contribution in [2.75, 3.05) is 26.3 Å². The Morgan fingerprint density at radius 2 is 2.30 bits per heavy atom. The molecule has 4 rings (SSSR count). The number of benzene rings is 1. The zero-order valence-corrected chi connectivity index (χ0v) is 13.8. The molecule has 1 N–H and O–H groups in total. The Morgan fingerprint density at radius 3 is 3.13 bits per heavy atom. The van der Waals surface area contributed by atoms with Crippen molar-refractivity contribution >= 4 is 27.6 Å². The summed E-state index contributed by atoms with van der Waals surface area (Å²) in [6.07, 6.45) is 3.09. The van der Waals surface area contributed by atoms with Gasteiger partial charge in [0.1, 0.15) is 5.01 Å². The molecule has 0 radical (unpaired) electrons. The molecule has 0 spiro atoms. The first kappa shape index (κ1) is 14.9. The maximum Gasteiger partial charge on any atom is 0.318 e. The number of thiazole rings is 1. The molecule has 2 aliphatic rings. The molecular formula is C17H21N3O2S. The molecule has 2 unspecified atom stereocenters. The number of nitrogens with one attached hydrogen (secondary N) is 1. The van der Waals surface area contributed by atoms with E-state index in [1.165, 1.54) is 4.70 Å². The van der Waals surface area contributed by atoms with E-state index in [1.807, 2.05) is 23.1 Å². The Bertz CT molecular complexity index is 663. The lowest BCUT2D eigenvalue weighted by Gasteiger charge is -2.24. The second kappa shape index (κ2) is 6.45. The molecule has 2 saturated heterocycles. The van der Waals surface area contributed by atoms with E-state index in [-0.39, 0.29) is 12.1 Å². The molecule has 2 atom stereocenters. The van der Waals surface area contributed by atoms with Gasteiger partial charge in [0, 0.05) is 25.6 Å². The van der Waals surface area contributed by atoms with Crippen molar-refractivity contribution < 1.29 is 9.53 Å². The number of nitrogens with zero attached hydrogens (tertiary/aromatic N) is 2. The predicted molar refractivity (Wildman–Crippen MR) is 90.6 cm³/mol. The van der Waals surface area contributed by atoms with Crippen molar-refractivity contribution in [2.45, 2.75) is 25.3 Å². The molecule has 3 heterocycles. The number of likely N-dealkylation sites (tertiary alicyclic amines) is 1. The van der Waals surface area contributed by atoms with Gasteiger partial charge >= 0.3 is 6.03 Å². The van der Waals surface area contributed by atoms with Crippen molar-refractivity contribution in [3.8, 4) is 0 Å². The second-order valence-electron chi connectivity index (χ2n) is 6.29. The Hall–Kier alpha value is -1.66.